The minimum Gasteiger partial charge on any atom is -0.318 e. The molecule has 7 nitrogen and oxygen atoms in total. The SMILES string of the molecule is Cc1ccc(C)c(-n2ncc(NC(=O)c3n[nH]c4c3CNCC4)c2C)c1. The van der Waals surface area contributed by atoms with E-state index in [1.807, 2.05) is 11.6 Å². The molecule has 2 aromatic heterocycles. The molecule has 1 amide bonds. The Labute approximate surface area is 151 Å². The van der Waals surface area contributed by atoms with Gasteiger partial charge < -0.3 is 10.6 Å². The quantitative estimate of drug-likeness (QED) is 0.677. The molecule has 0 aliphatic carbocycles. The molecular weight excluding hydrogens is 328 g/mol. The molecule has 7 heteroatoms. The van der Waals surface area contributed by atoms with Crippen molar-refractivity contribution in [3.63, 3.8) is 0 Å². The van der Waals surface area contributed by atoms with Crippen molar-refractivity contribution >= 4 is 11.6 Å². The minimum absolute atomic E-state index is 0.213. The Balaban J connectivity index is 1.62. The zero-order valence-electron chi connectivity index (χ0n) is 15.2. The van der Waals surface area contributed by atoms with Gasteiger partial charge in [0.1, 0.15) is 0 Å². The largest absolute Gasteiger partial charge is 0.318 e. The van der Waals surface area contributed by atoms with Crippen molar-refractivity contribution in [2.45, 2.75) is 33.7 Å². The summed E-state index contributed by atoms with van der Waals surface area (Å²) in [7, 11) is 0. The van der Waals surface area contributed by atoms with Gasteiger partial charge in [-0.2, -0.15) is 10.2 Å². The number of nitrogens with zero attached hydrogens (tertiary/aromatic N) is 3. The third kappa shape index (κ3) is 2.80. The summed E-state index contributed by atoms with van der Waals surface area (Å²) in [5, 5.41) is 17.9. The number of hydrogen-bond acceptors (Lipinski definition) is 4. The van der Waals surface area contributed by atoms with Crippen LogP contribution in [-0.4, -0.2) is 32.4 Å². The Morgan fingerprint density at radius 3 is 2.96 bits per heavy atom. The van der Waals surface area contributed by atoms with Gasteiger partial charge in [0, 0.05) is 30.8 Å². The van der Waals surface area contributed by atoms with Gasteiger partial charge in [-0.3, -0.25) is 9.89 Å². The van der Waals surface area contributed by atoms with Crippen LogP contribution in [0.25, 0.3) is 5.69 Å². The van der Waals surface area contributed by atoms with Gasteiger partial charge in [-0.25, -0.2) is 4.68 Å². The van der Waals surface area contributed by atoms with Gasteiger partial charge in [-0.15, -0.1) is 0 Å². The zero-order valence-corrected chi connectivity index (χ0v) is 15.2. The molecule has 1 aromatic carbocycles. The van der Waals surface area contributed by atoms with E-state index in [2.05, 4.69) is 58.0 Å². The van der Waals surface area contributed by atoms with Crippen LogP contribution in [0.4, 0.5) is 5.69 Å². The fourth-order valence-electron chi connectivity index (χ4n) is 3.32. The predicted octanol–water partition coefficient (Wildman–Crippen LogP) is 2.42. The molecule has 26 heavy (non-hydrogen) atoms. The van der Waals surface area contributed by atoms with E-state index in [-0.39, 0.29) is 5.91 Å². The van der Waals surface area contributed by atoms with Crippen LogP contribution in [0, 0.1) is 20.8 Å². The summed E-state index contributed by atoms with van der Waals surface area (Å²) in [5.74, 6) is -0.213. The van der Waals surface area contributed by atoms with Crippen LogP contribution in [0.15, 0.2) is 24.4 Å². The first kappa shape index (κ1) is 16.5. The first-order valence-corrected chi connectivity index (χ1v) is 8.75. The molecule has 0 atom stereocenters. The molecule has 134 valence electrons. The monoisotopic (exact) mass is 350 g/mol. The lowest BCUT2D eigenvalue weighted by atomic mass is 10.1. The third-order valence-electron chi connectivity index (χ3n) is 4.87. The Morgan fingerprint density at radius 2 is 2.12 bits per heavy atom. The van der Waals surface area contributed by atoms with Crippen molar-refractivity contribution in [3.8, 4) is 5.69 Å². The molecule has 0 saturated heterocycles. The van der Waals surface area contributed by atoms with Crippen LogP contribution in [0.2, 0.25) is 0 Å². The Morgan fingerprint density at radius 1 is 1.27 bits per heavy atom. The molecule has 0 bridgehead atoms. The maximum atomic E-state index is 12.7. The highest BCUT2D eigenvalue weighted by Crippen LogP contribution is 2.23. The molecule has 1 aliphatic rings. The number of H-pyrrole nitrogens is 1. The number of aromatic nitrogens is 4. The predicted molar refractivity (Wildman–Crippen MR) is 99.7 cm³/mol. The Bertz CT molecular complexity index is 984. The lowest BCUT2D eigenvalue weighted by molar-refractivity contribution is 0.102. The van der Waals surface area contributed by atoms with Crippen molar-refractivity contribution in [2.75, 3.05) is 11.9 Å². The molecule has 3 N–H and O–H groups in total. The number of rotatable bonds is 3. The summed E-state index contributed by atoms with van der Waals surface area (Å²) in [6.07, 6.45) is 2.55. The highest BCUT2D eigenvalue weighted by molar-refractivity contribution is 6.04. The van der Waals surface area contributed by atoms with E-state index in [9.17, 15) is 4.79 Å². The lowest BCUT2D eigenvalue weighted by Crippen LogP contribution is -2.25. The molecule has 3 heterocycles. The first-order valence-electron chi connectivity index (χ1n) is 8.75. The normalized spacial score (nSPS) is 13.5. The summed E-state index contributed by atoms with van der Waals surface area (Å²) in [6, 6.07) is 6.25. The number of fused-ring (bicyclic) bond motifs is 1. The summed E-state index contributed by atoms with van der Waals surface area (Å²) in [4.78, 5) is 12.7. The number of benzene rings is 1. The summed E-state index contributed by atoms with van der Waals surface area (Å²) < 4.78 is 1.86. The van der Waals surface area contributed by atoms with Crippen LogP contribution in [-0.2, 0) is 13.0 Å². The number of nitrogens with one attached hydrogen (secondary N) is 3. The number of anilines is 1. The molecule has 3 aromatic rings. The van der Waals surface area contributed by atoms with E-state index in [1.165, 1.54) is 5.56 Å². The summed E-state index contributed by atoms with van der Waals surface area (Å²) in [5.41, 5.74) is 7.33. The fourth-order valence-corrected chi connectivity index (χ4v) is 3.32. The molecule has 1 aliphatic heterocycles. The first-order chi connectivity index (χ1) is 12.5. The van der Waals surface area contributed by atoms with Gasteiger partial charge >= 0.3 is 0 Å². The van der Waals surface area contributed by atoms with Crippen molar-refractivity contribution in [3.05, 3.63) is 58.2 Å². The molecule has 0 fully saturated rings. The third-order valence-corrected chi connectivity index (χ3v) is 4.87. The van der Waals surface area contributed by atoms with Gasteiger partial charge in [0.15, 0.2) is 5.69 Å². The highest BCUT2D eigenvalue weighted by atomic mass is 16.2. The standard InChI is InChI=1S/C19H22N6O/c1-11-4-5-12(2)17(8-11)25-13(3)16(10-21-25)22-19(26)18-14-9-20-7-6-15(14)23-24-18/h4-5,8,10,20H,6-7,9H2,1-3H3,(H,22,26)(H,23,24). The van der Waals surface area contributed by atoms with Crippen LogP contribution in [0.1, 0.15) is 38.6 Å². The number of hydrogen-bond donors (Lipinski definition) is 3. The van der Waals surface area contributed by atoms with Crippen LogP contribution in [0.5, 0.6) is 0 Å². The van der Waals surface area contributed by atoms with Crippen LogP contribution < -0.4 is 10.6 Å². The van der Waals surface area contributed by atoms with Crippen molar-refractivity contribution < 1.29 is 4.79 Å². The van der Waals surface area contributed by atoms with E-state index in [0.717, 1.165) is 41.2 Å². The average molecular weight is 350 g/mol. The van der Waals surface area contributed by atoms with E-state index in [4.69, 9.17) is 0 Å². The second kappa shape index (κ2) is 6.42. The molecule has 0 saturated carbocycles. The smallest absolute Gasteiger partial charge is 0.276 e. The average Bonchev–Trinajstić information content (AvgIpc) is 3.21. The Hall–Kier alpha value is -2.93. The molecule has 0 spiro atoms. The van der Waals surface area contributed by atoms with Crippen molar-refractivity contribution in [1.82, 2.24) is 25.3 Å². The Kier molecular flexibility index (Phi) is 4.08. The molecule has 0 unspecified atom stereocenters. The summed E-state index contributed by atoms with van der Waals surface area (Å²) in [6.45, 7) is 7.62. The second-order valence-electron chi connectivity index (χ2n) is 6.76. The van der Waals surface area contributed by atoms with Crippen LogP contribution in [0.3, 0.4) is 0 Å². The minimum atomic E-state index is -0.213. The van der Waals surface area contributed by atoms with Gasteiger partial charge in [-0.1, -0.05) is 12.1 Å². The maximum Gasteiger partial charge on any atom is 0.276 e. The number of carbonyl (C=O) groups excluding carboxylic acids is 1. The van der Waals surface area contributed by atoms with Crippen molar-refractivity contribution in [1.29, 1.82) is 0 Å². The van der Waals surface area contributed by atoms with Gasteiger partial charge in [0.2, 0.25) is 0 Å². The van der Waals surface area contributed by atoms with Gasteiger partial charge in [0.25, 0.3) is 5.91 Å². The van der Waals surface area contributed by atoms with Crippen molar-refractivity contribution in [2.24, 2.45) is 0 Å². The molecular formula is C19H22N6O. The van der Waals surface area contributed by atoms with E-state index in [0.29, 0.717) is 17.9 Å². The van der Waals surface area contributed by atoms with E-state index >= 15 is 0 Å². The fraction of sp³-hybridized carbons (Fsp3) is 0.316. The number of amides is 1. The lowest BCUT2D eigenvalue weighted by Gasteiger charge is -2.13. The van der Waals surface area contributed by atoms with Crippen LogP contribution >= 0.6 is 0 Å². The van der Waals surface area contributed by atoms with Gasteiger partial charge in [-0.05, 0) is 38.0 Å². The zero-order chi connectivity index (χ0) is 18.3. The van der Waals surface area contributed by atoms with Gasteiger partial charge in [0.05, 0.1) is 23.3 Å². The number of carbonyl (C=O) groups is 1. The summed E-state index contributed by atoms with van der Waals surface area (Å²) >= 11 is 0. The number of aromatic amines is 1. The van der Waals surface area contributed by atoms with E-state index < -0.39 is 0 Å². The molecule has 4 rings (SSSR count). The number of aryl methyl sites for hydroxylation is 2. The van der Waals surface area contributed by atoms with E-state index in [1.54, 1.807) is 6.20 Å². The molecule has 0 radical (unpaired) electrons. The highest BCUT2D eigenvalue weighted by Gasteiger charge is 2.22. The maximum absolute atomic E-state index is 12.7. The topological polar surface area (TPSA) is 87.6 Å². The second-order valence-corrected chi connectivity index (χ2v) is 6.76.